The Morgan fingerprint density at radius 3 is 1.82 bits per heavy atom. The number of nitrogens with zero attached hydrogens (tertiary/aromatic N) is 4. The van der Waals surface area contributed by atoms with Crippen LogP contribution in [0.3, 0.4) is 0 Å². The smallest absolute Gasteiger partial charge is 0.394 e. The molecule has 1 unspecified atom stereocenters. The minimum Gasteiger partial charge on any atom is -0.394 e. The van der Waals surface area contributed by atoms with Gasteiger partial charge in [-0.25, -0.2) is 33.0 Å². The van der Waals surface area contributed by atoms with Crippen molar-refractivity contribution in [1.82, 2.24) is 19.5 Å². The van der Waals surface area contributed by atoms with Crippen LogP contribution in [0.5, 0.6) is 0 Å². The maximum Gasteiger partial charge on any atom is 0.466 e. The third-order valence-electron chi connectivity index (χ3n) is 2.99. The first-order valence-electron chi connectivity index (χ1n) is 7.89. The zero-order valence-electron chi connectivity index (χ0n) is 16.0. The molecular weight excluding hydrogens is 526 g/mol. The van der Waals surface area contributed by atoms with E-state index in [0.717, 1.165) is 0 Å². The third kappa shape index (κ3) is 15.9. The molecular formula is C10H21FN5O14P3. The Bertz CT molecular complexity index is 950. The lowest BCUT2D eigenvalue weighted by Gasteiger charge is -2.15. The fourth-order valence-corrected chi connectivity index (χ4v) is 2.12. The summed E-state index contributed by atoms with van der Waals surface area (Å²) in [5.74, 6) is 0.242. The van der Waals surface area contributed by atoms with Crippen molar-refractivity contribution in [1.29, 1.82) is 0 Å². The molecule has 3 heterocycles. The molecule has 192 valence electrons. The van der Waals surface area contributed by atoms with Crippen molar-refractivity contribution in [3.63, 3.8) is 0 Å². The van der Waals surface area contributed by atoms with Crippen LogP contribution >= 0.6 is 23.5 Å². The van der Waals surface area contributed by atoms with Gasteiger partial charge in [-0.15, -0.1) is 0 Å². The number of ether oxygens (including phenoxy) is 1. The van der Waals surface area contributed by atoms with Gasteiger partial charge >= 0.3 is 23.5 Å². The van der Waals surface area contributed by atoms with E-state index >= 15 is 0 Å². The quantitative estimate of drug-likeness (QED) is 0.170. The SMILES string of the molecule is Nc1ncnc2c1ncn2[C@@H]1O[C@H](CO)CC1F.O=P(O)(O)O.O=P(O)(O)O.O=P(O)(O)O. The molecule has 23 heteroatoms. The maximum absolute atomic E-state index is 13.9. The summed E-state index contributed by atoms with van der Waals surface area (Å²) in [7, 11) is -13.9. The topological polar surface area (TPSA) is 332 Å². The van der Waals surface area contributed by atoms with E-state index in [1.165, 1.54) is 17.2 Å². The van der Waals surface area contributed by atoms with E-state index in [-0.39, 0.29) is 18.8 Å². The number of halogens is 1. The molecule has 0 saturated carbocycles. The fraction of sp³-hybridized carbons (Fsp3) is 0.500. The van der Waals surface area contributed by atoms with Crippen LogP contribution in [0, 0.1) is 0 Å². The highest BCUT2D eigenvalue weighted by molar-refractivity contribution is 7.45. The maximum atomic E-state index is 13.9. The molecule has 3 atom stereocenters. The number of alkyl halides is 1. The number of aromatic nitrogens is 4. The number of nitrogens with two attached hydrogens (primary N) is 1. The predicted molar refractivity (Wildman–Crippen MR) is 103 cm³/mol. The average molecular weight is 547 g/mol. The Labute approximate surface area is 182 Å². The van der Waals surface area contributed by atoms with E-state index in [9.17, 15) is 4.39 Å². The molecule has 0 spiro atoms. The lowest BCUT2D eigenvalue weighted by Crippen LogP contribution is -2.16. The van der Waals surface area contributed by atoms with Gasteiger partial charge in [0.25, 0.3) is 0 Å². The first kappa shape index (κ1) is 31.5. The summed E-state index contributed by atoms with van der Waals surface area (Å²) >= 11 is 0. The van der Waals surface area contributed by atoms with Crippen molar-refractivity contribution >= 4 is 40.4 Å². The summed E-state index contributed by atoms with van der Waals surface area (Å²) in [5, 5.41) is 8.99. The van der Waals surface area contributed by atoms with Gasteiger partial charge < -0.3 is 59.6 Å². The molecule has 0 aromatic carbocycles. The molecule has 1 aliphatic heterocycles. The van der Waals surface area contributed by atoms with Gasteiger partial charge in [0, 0.05) is 6.42 Å². The van der Waals surface area contributed by atoms with E-state index < -0.39 is 42.0 Å². The molecule has 0 radical (unpaired) electrons. The summed E-state index contributed by atoms with van der Waals surface area (Å²) in [6.45, 7) is -0.208. The molecule has 0 amide bonds. The number of hydrogen-bond acceptors (Lipinski definition) is 9. The Morgan fingerprint density at radius 1 is 0.970 bits per heavy atom. The summed E-state index contributed by atoms with van der Waals surface area (Å²) < 4.78 is 47.4. The van der Waals surface area contributed by atoms with Crippen LogP contribution in [0.4, 0.5) is 10.2 Å². The van der Waals surface area contributed by atoms with Crippen LogP contribution < -0.4 is 5.73 Å². The van der Waals surface area contributed by atoms with E-state index in [4.69, 9.17) is 73.3 Å². The van der Waals surface area contributed by atoms with Crippen molar-refractivity contribution in [2.45, 2.75) is 24.9 Å². The second kappa shape index (κ2) is 12.8. The number of anilines is 1. The number of aliphatic hydroxyl groups excluding tert-OH is 1. The third-order valence-corrected chi connectivity index (χ3v) is 2.99. The van der Waals surface area contributed by atoms with Crippen LogP contribution in [0.15, 0.2) is 12.7 Å². The largest absolute Gasteiger partial charge is 0.466 e. The van der Waals surface area contributed by atoms with Crippen LogP contribution in [0.25, 0.3) is 11.2 Å². The van der Waals surface area contributed by atoms with Gasteiger partial charge in [0.05, 0.1) is 19.0 Å². The zero-order chi connectivity index (χ0) is 26.2. The zero-order valence-corrected chi connectivity index (χ0v) is 18.7. The highest BCUT2D eigenvalue weighted by Gasteiger charge is 2.37. The van der Waals surface area contributed by atoms with Gasteiger partial charge in [0.15, 0.2) is 17.7 Å². The fourth-order valence-electron chi connectivity index (χ4n) is 2.12. The molecule has 33 heavy (non-hydrogen) atoms. The number of rotatable bonds is 2. The first-order chi connectivity index (χ1) is 14.7. The van der Waals surface area contributed by atoms with Gasteiger partial charge in [-0.3, -0.25) is 4.57 Å². The van der Waals surface area contributed by atoms with Gasteiger partial charge in [-0.1, -0.05) is 0 Å². The lowest BCUT2D eigenvalue weighted by atomic mass is 10.2. The number of imidazole rings is 1. The van der Waals surface area contributed by atoms with Gasteiger partial charge in [-0.05, 0) is 0 Å². The molecule has 3 rings (SSSR count). The predicted octanol–water partition coefficient (Wildman–Crippen LogP) is -2.76. The van der Waals surface area contributed by atoms with Crippen molar-refractivity contribution in [3.8, 4) is 0 Å². The number of hydrogen-bond donors (Lipinski definition) is 11. The molecule has 0 aliphatic carbocycles. The average Bonchev–Trinajstić information content (AvgIpc) is 3.14. The van der Waals surface area contributed by atoms with Crippen molar-refractivity contribution in [3.05, 3.63) is 12.7 Å². The highest BCUT2D eigenvalue weighted by Crippen LogP contribution is 2.33. The van der Waals surface area contributed by atoms with Crippen molar-refractivity contribution in [2.75, 3.05) is 12.3 Å². The summed E-state index contributed by atoms with van der Waals surface area (Å²) in [6.07, 6.45) is 0.328. The highest BCUT2D eigenvalue weighted by atomic mass is 31.2. The van der Waals surface area contributed by atoms with Crippen molar-refractivity contribution < 1.29 is 72.0 Å². The minimum absolute atomic E-state index is 0.154. The summed E-state index contributed by atoms with van der Waals surface area (Å²) in [5.41, 5.74) is 6.50. The molecule has 1 fully saturated rings. The Kier molecular flexibility index (Phi) is 12.3. The summed E-state index contributed by atoms with van der Waals surface area (Å²) in [6, 6.07) is 0. The van der Waals surface area contributed by atoms with Crippen LogP contribution in [-0.2, 0) is 18.4 Å². The van der Waals surface area contributed by atoms with Crippen molar-refractivity contribution in [2.24, 2.45) is 0 Å². The minimum atomic E-state index is -4.64. The lowest BCUT2D eigenvalue weighted by molar-refractivity contribution is -0.0351. The number of aliphatic hydroxyl groups is 1. The number of fused-ring (bicyclic) bond motifs is 1. The van der Waals surface area contributed by atoms with Crippen LogP contribution in [0.1, 0.15) is 12.6 Å². The molecule has 12 N–H and O–H groups in total. The molecule has 19 nitrogen and oxygen atoms in total. The number of phosphoric acid groups is 3. The number of nitrogen functional groups attached to an aromatic ring is 1. The molecule has 2 aromatic rings. The normalized spacial score (nSPS) is 20.6. The molecule has 2 aromatic heterocycles. The van der Waals surface area contributed by atoms with Gasteiger partial charge in [-0.2, -0.15) is 0 Å². The molecule has 0 bridgehead atoms. The monoisotopic (exact) mass is 547 g/mol. The van der Waals surface area contributed by atoms with Gasteiger partial charge in [0.1, 0.15) is 18.0 Å². The van der Waals surface area contributed by atoms with Gasteiger partial charge in [0.2, 0.25) is 0 Å². The molecule has 1 aliphatic rings. The van der Waals surface area contributed by atoms with E-state index in [1.54, 1.807) is 0 Å². The van der Waals surface area contributed by atoms with E-state index in [1.807, 2.05) is 0 Å². The Hall–Kier alpha value is -1.47. The Morgan fingerprint density at radius 2 is 1.42 bits per heavy atom. The second-order valence-electron chi connectivity index (χ2n) is 5.71. The van der Waals surface area contributed by atoms with E-state index in [2.05, 4.69) is 15.0 Å². The standard InChI is InChI=1S/C10H12FN5O2.3H3O4P/c11-6-1-5(2-17)18-10(6)16-4-15-7-8(12)13-3-14-9(7)16;3*1-5(2,3)4/h3-6,10,17H,1-2H2,(H2,12,13,14);3*(H3,1,2,3,4)/t5-,6?,10+;;;/m0.../s1. The van der Waals surface area contributed by atoms with E-state index in [0.29, 0.717) is 11.2 Å². The van der Waals surface area contributed by atoms with Crippen LogP contribution in [-0.4, -0.2) is 87.5 Å². The first-order valence-corrected chi connectivity index (χ1v) is 12.6. The Balaban J connectivity index is 0.000000564. The second-order valence-corrected chi connectivity index (χ2v) is 8.79. The molecule has 1 saturated heterocycles. The van der Waals surface area contributed by atoms with Crippen LogP contribution in [0.2, 0.25) is 0 Å². The summed E-state index contributed by atoms with van der Waals surface area (Å²) in [4.78, 5) is 76.6.